The van der Waals surface area contributed by atoms with Gasteiger partial charge in [-0.3, -0.25) is 4.98 Å². The van der Waals surface area contributed by atoms with Gasteiger partial charge in [-0.05, 0) is 55.6 Å². The van der Waals surface area contributed by atoms with Crippen LogP contribution < -0.4 is 0 Å². The molecule has 2 nitrogen and oxygen atoms in total. The molecule has 1 aliphatic heterocycles. The van der Waals surface area contributed by atoms with Crippen LogP contribution in [0.1, 0.15) is 24.8 Å². The number of nitrogens with zero attached hydrogens (tertiary/aromatic N) is 2. The van der Waals surface area contributed by atoms with E-state index in [9.17, 15) is 0 Å². The summed E-state index contributed by atoms with van der Waals surface area (Å²) < 4.78 is 0. The molecule has 20 heavy (non-hydrogen) atoms. The minimum absolute atomic E-state index is 0.716. The smallest absolute Gasteiger partial charge is 0.0346 e. The highest BCUT2D eigenvalue weighted by Crippen LogP contribution is 2.22. The largest absolute Gasteiger partial charge is 0.303 e. The highest BCUT2D eigenvalue weighted by molar-refractivity contribution is 5.62. The summed E-state index contributed by atoms with van der Waals surface area (Å²) >= 11 is 0. The Bertz CT molecular complexity index is 533. The van der Waals surface area contributed by atoms with Gasteiger partial charge in [0, 0.05) is 18.4 Å². The van der Waals surface area contributed by atoms with Gasteiger partial charge in [-0.15, -0.1) is 0 Å². The molecule has 1 atom stereocenters. The van der Waals surface area contributed by atoms with Gasteiger partial charge in [0.05, 0.1) is 0 Å². The molecule has 1 aromatic heterocycles. The van der Waals surface area contributed by atoms with Crippen molar-refractivity contribution < 1.29 is 0 Å². The first kappa shape index (κ1) is 13.3. The van der Waals surface area contributed by atoms with Gasteiger partial charge in [0.15, 0.2) is 0 Å². The van der Waals surface area contributed by atoms with Gasteiger partial charge >= 0.3 is 0 Å². The highest BCUT2D eigenvalue weighted by Gasteiger charge is 2.18. The number of hydrogen-bond acceptors (Lipinski definition) is 2. The van der Waals surface area contributed by atoms with E-state index in [1.165, 1.54) is 48.9 Å². The maximum Gasteiger partial charge on any atom is 0.0346 e. The number of hydrogen-bond donors (Lipinski definition) is 0. The Labute approximate surface area is 121 Å². The van der Waals surface area contributed by atoms with Crippen molar-refractivity contribution in [2.45, 2.75) is 31.7 Å². The van der Waals surface area contributed by atoms with E-state index in [0.29, 0.717) is 6.04 Å². The Morgan fingerprint density at radius 2 is 1.95 bits per heavy atom. The Balaban J connectivity index is 1.70. The molecule has 0 spiro atoms. The van der Waals surface area contributed by atoms with Gasteiger partial charge in [-0.2, -0.15) is 0 Å². The van der Waals surface area contributed by atoms with E-state index in [1.807, 2.05) is 18.5 Å². The molecule has 2 heteroatoms. The summed E-state index contributed by atoms with van der Waals surface area (Å²) in [4.78, 5) is 6.69. The third kappa shape index (κ3) is 3.07. The SMILES string of the molecule is CN1CCCCC1Cc1ccc(-c2cccnc2)cc1. The van der Waals surface area contributed by atoms with Crippen molar-refractivity contribution in [2.75, 3.05) is 13.6 Å². The Morgan fingerprint density at radius 3 is 2.65 bits per heavy atom. The summed E-state index contributed by atoms with van der Waals surface area (Å²) in [5.41, 5.74) is 3.88. The first-order valence-corrected chi connectivity index (χ1v) is 7.52. The molecule has 2 aromatic rings. The minimum Gasteiger partial charge on any atom is -0.303 e. The van der Waals surface area contributed by atoms with Crippen LogP contribution in [0.5, 0.6) is 0 Å². The van der Waals surface area contributed by atoms with E-state index in [0.717, 1.165) is 0 Å². The normalized spacial score (nSPS) is 19.9. The van der Waals surface area contributed by atoms with Crippen LogP contribution in [0.3, 0.4) is 0 Å². The fourth-order valence-corrected chi connectivity index (χ4v) is 3.04. The van der Waals surface area contributed by atoms with Gasteiger partial charge < -0.3 is 4.90 Å². The lowest BCUT2D eigenvalue weighted by atomic mass is 9.95. The van der Waals surface area contributed by atoms with Gasteiger partial charge in [-0.1, -0.05) is 36.8 Å². The van der Waals surface area contributed by atoms with Crippen molar-refractivity contribution >= 4 is 0 Å². The lowest BCUT2D eigenvalue weighted by Gasteiger charge is -2.32. The fourth-order valence-electron chi connectivity index (χ4n) is 3.04. The zero-order valence-corrected chi connectivity index (χ0v) is 12.1. The number of aromatic nitrogens is 1. The number of benzene rings is 1. The van der Waals surface area contributed by atoms with Crippen LogP contribution >= 0.6 is 0 Å². The highest BCUT2D eigenvalue weighted by atomic mass is 15.1. The molecule has 0 saturated carbocycles. The van der Waals surface area contributed by atoms with Crippen molar-refractivity contribution in [2.24, 2.45) is 0 Å². The fraction of sp³-hybridized carbons (Fsp3) is 0.389. The third-order valence-electron chi connectivity index (χ3n) is 4.34. The number of likely N-dealkylation sites (N-methyl/N-ethyl adjacent to an activating group) is 1. The number of rotatable bonds is 3. The molecule has 3 rings (SSSR count). The van der Waals surface area contributed by atoms with Gasteiger partial charge in [0.2, 0.25) is 0 Å². The second kappa shape index (κ2) is 6.19. The van der Waals surface area contributed by atoms with Gasteiger partial charge in [0.1, 0.15) is 0 Å². The molecule has 0 bridgehead atoms. The first-order valence-electron chi connectivity index (χ1n) is 7.52. The summed E-state index contributed by atoms with van der Waals surface area (Å²) in [6.45, 7) is 1.25. The standard InChI is InChI=1S/C18H22N2/c1-20-12-3-2-6-18(20)13-15-7-9-16(10-8-15)17-5-4-11-19-14-17/h4-5,7-11,14,18H,2-3,6,12-13H2,1H3. The number of pyridine rings is 1. The Morgan fingerprint density at radius 1 is 1.10 bits per heavy atom. The molecule has 1 saturated heterocycles. The van der Waals surface area contributed by atoms with Crippen LogP contribution in [0.25, 0.3) is 11.1 Å². The zero-order valence-electron chi connectivity index (χ0n) is 12.1. The summed E-state index contributed by atoms with van der Waals surface area (Å²) in [6.07, 6.45) is 8.97. The molecular formula is C18H22N2. The zero-order chi connectivity index (χ0) is 13.8. The van der Waals surface area contributed by atoms with E-state index in [4.69, 9.17) is 0 Å². The summed E-state index contributed by atoms with van der Waals surface area (Å²) in [6, 6.07) is 13.8. The van der Waals surface area contributed by atoms with Crippen LogP contribution in [0.15, 0.2) is 48.8 Å². The average molecular weight is 266 g/mol. The summed E-state index contributed by atoms with van der Waals surface area (Å²) in [7, 11) is 2.26. The molecule has 104 valence electrons. The quantitative estimate of drug-likeness (QED) is 0.840. The molecule has 0 aliphatic carbocycles. The van der Waals surface area contributed by atoms with E-state index in [1.54, 1.807) is 0 Å². The molecule has 2 heterocycles. The second-order valence-electron chi connectivity index (χ2n) is 5.77. The first-order chi connectivity index (χ1) is 9.83. The van der Waals surface area contributed by atoms with Crippen molar-refractivity contribution in [1.82, 2.24) is 9.88 Å². The predicted octanol–water partition coefficient (Wildman–Crippen LogP) is 3.78. The van der Waals surface area contributed by atoms with Crippen LogP contribution in [0.2, 0.25) is 0 Å². The lowest BCUT2D eigenvalue weighted by Crippen LogP contribution is -2.37. The lowest BCUT2D eigenvalue weighted by molar-refractivity contribution is 0.184. The summed E-state index contributed by atoms with van der Waals surface area (Å²) in [5.74, 6) is 0. The number of piperidine rings is 1. The molecule has 1 fully saturated rings. The minimum atomic E-state index is 0.716. The maximum absolute atomic E-state index is 4.18. The van der Waals surface area contributed by atoms with E-state index in [2.05, 4.69) is 47.3 Å². The van der Waals surface area contributed by atoms with Gasteiger partial charge in [-0.25, -0.2) is 0 Å². The Kier molecular flexibility index (Phi) is 4.12. The summed E-state index contributed by atoms with van der Waals surface area (Å²) in [5, 5.41) is 0. The molecule has 1 aliphatic rings. The molecule has 0 N–H and O–H groups in total. The van der Waals surface area contributed by atoms with Crippen molar-refractivity contribution in [3.8, 4) is 11.1 Å². The second-order valence-corrected chi connectivity index (χ2v) is 5.77. The van der Waals surface area contributed by atoms with Crippen LogP contribution in [0.4, 0.5) is 0 Å². The Hall–Kier alpha value is -1.67. The maximum atomic E-state index is 4.18. The topological polar surface area (TPSA) is 16.1 Å². The number of likely N-dealkylation sites (tertiary alicyclic amines) is 1. The molecule has 1 aromatic carbocycles. The average Bonchev–Trinajstić information content (AvgIpc) is 2.51. The van der Waals surface area contributed by atoms with Crippen molar-refractivity contribution in [1.29, 1.82) is 0 Å². The monoisotopic (exact) mass is 266 g/mol. The van der Waals surface area contributed by atoms with Crippen LogP contribution in [-0.2, 0) is 6.42 Å². The van der Waals surface area contributed by atoms with E-state index >= 15 is 0 Å². The molecular weight excluding hydrogens is 244 g/mol. The third-order valence-corrected chi connectivity index (χ3v) is 4.34. The van der Waals surface area contributed by atoms with Crippen molar-refractivity contribution in [3.63, 3.8) is 0 Å². The van der Waals surface area contributed by atoms with Crippen LogP contribution in [0, 0.1) is 0 Å². The molecule has 1 unspecified atom stereocenters. The van der Waals surface area contributed by atoms with E-state index < -0.39 is 0 Å². The van der Waals surface area contributed by atoms with Crippen LogP contribution in [-0.4, -0.2) is 29.5 Å². The van der Waals surface area contributed by atoms with Gasteiger partial charge in [0.25, 0.3) is 0 Å². The molecule has 0 radical (unpaired) electrons. The van der Waals surface area contributed by atoms with Crippen molar-refractivity contribution in [3.05, 3.63) is 54.4 Å². The molecule has 0 amide bonds. The predicted molar refractivity (Wildman–Crippen MR) is 83.6 cm³/mol. The van der Waals surface area contributed by atoms with E-state index in [-0.39, 0.29) is 0 Å².